The molecule has 4 nitrogen and oxygen atoms in total. The van der Waals surface area contributed by atoms with Crippen LogP contribution in [0, 0.1) is 41.7 Å². The SMILES string of the molecule is O=C([O-])C(=O)[O-].[Ce+3]. The summed E-state index contributed by atoms with van der Waals surface area (Å²) in [6.45, 7) is 0. The van der Waals surface area contributed by atoms with Crippen molar-refractivity contribution in [3.8, 4) is 0 Å². The molecule has 0 heterocycles. The molecule has 0 saturated carbocycles. The van der Waals surface area contributed by atoms with Crippen molar-refractivity contribution in [2.24, 2.45) is 0 Å². The molecule has 1 radical (unpaired) electrons. The summed E-state index contributed by atoms with van der Waals surface area (Å²) in [5.74, 6) is -4.37. The van der Waals surface area contributed by atoms with Gasteiger partial charge in [0.15, 0.2) is 0 Å². The van der Waals surface area contributed by atoms with Crippen molar-refractivity contribution in [3.05, 3.63) is 0 Å². The Hall–Kier alpha value is 0.317. The smallest absolute Gasteiger partial charge is 0.543 e. The molecule has 35 valence electrons. The van der Waals surface area contributed by atoms with Crippen LogP contribution in [0.1, 0.15) is 0 Å². The zero-order chi connectivity index (χ0) is 5.15. The van der Waals surface area contributed by atoms with E-state index in [-0.39, 0.29) is 41.7 Å². The van der Waals surface area contributed by atoms with Gasteiger partial charge in [-0.05, 0) is 0 Å². The Labute approximate surface area is 72.9 Å². The van der Waals surface area contributed by atoms with Gasteiger partial charge < -0.3 is 19.8 Å². The maximum atomic E-state index is 8.93. The van der Waals surface area contributed by atoms with E-state index >= 15 is 0 Å². The third-order valence-electron chi connectivity index (χ3n) is 0.167. The molecule has 0 rings (SSSR count). The summed E-state index contributed by atoms with van der Waals surface area (Å²) < 4.78 is 0. The Morgan fingerprint density at radius 3 is 1.14 bits per heavy atom. The van der Waals surface area contributed by atoms with Gasteiger partial charge in [-0.2, -0.15) is 0 Å². The zero-order valence-corrected chi connectivity index (χ0v) is 6.27. The van der Waals surface area contributed by atoms with E-state index in [1.807, 2.05) is 0 Å². The molecular weight excluding hydrogens is 228 g/mol. The Bertz CT molecular complexity index is 75.7. The molecule has 0 spiro atoms. The molecular formula is C2CeO4+. The van der Waals surface area contributed by atoms with E-state index in [4.69, 9.17) is 19.8 Å². The number of hydrogen-bond donors (Lipinski definition) is 0. The Morgan fingerprint density at radius 1 is 1.00 bits per heavy atom. The summed E-state index contributed by atoms with van der Waals surface area (Å²) in [7, 11) is 0. The van der Waals surface area contributed by atoms with Gasteiger partial charge in [0.25, 0.3) is 0 Å². The molecule has 0 amide bonds. The minimum absolute atomic E-state index is 0. The molecule has 0 aromatic carbocycles. The maximum Gasteiger partial charge on any atom is 3.00 e. The maximum absolute atomic E-state index is 8.93. The molecule has 0 aromatic heterocycles. The molecule has 0 N–H and O–H groups in total. The van der Waals surface area contributed by atoms with Gasteiger partial charge in [-0.25, -0.2) is 0 Å². The first-order valence-electron chi connectivity index (χ1n) is 1.07. The third kappa shape index (κ3) is 6.32. The van der Waals surface area contributed by atoms with Gasteiger partial charge in [-0.15, -0.1) is 0 Å². The largest absolute Gasteiger partial charge is 3.00 e. The minimum Gasteiger partial charge on any atom is -0.543 e. The number of carboxylic acids is 2. The number of aliphatic carboxylic acids is 2. The Balaban J connectivity index is 0. The van der Waals surface area contributed by atoms with E-state index in [0.717, 1.165) is 0 Å². The Morgan fingerprint density at radius 2 is 1.14 bits per heavy atom. The van der Waals surface area contributed by atoms with E-state index in [1.54, 1.807) is 0 Å². The van der Waals surface area contributed by atoms with Gasteiger partial charge in [0.05, 0.1) is 11.9 Å². The van der Waals surface area contributed by atoms with Gasteiger partial charge in [-0.1, -0.05) is 0 Å². The topological polar surface area (TPSA) is 80.3 Å². The molecule has 0 saturated heterocycles. The fraction of sp³-hybridized carbons (Fsp3) is 0. The summed E-state index contributed by atoms with van der Waals surface area (Å²) in [6, 6.07) is 0. The summed E-state index contributed by atoms with van der Waals surface area (Å²) in [5.41, 5.74) is 0. The summed E-state index contributed by atoms with van der Waals surface area (Å²) in [5, 5.41) is 17.9. The van der Waals surface area contributed by atoms with Crippen LogP contribution in [0.3, 0.4) is 0 Å². The number of carbonyl (C=O) groups excluding carboxylic acids is 2. The van der Waals surface area contributed by atoms with Gasteiger partial charge in [-0.3, -0.25) is 0 Å². The molecule has 0 aliphatic carbocycles. The first kappa shape index (κ1) is 10.3. The van der Waals surface area contributed by atoms with Crippen LogP contribution < -0.4 is 10.2 Å². The van der Waals surface area contributed by atoms with E-state index < -0.39 is 11.9 Å². The van der Waals surface area contributed by atoms with E-state index in [9.17, 15) is 0 Å². The van der Waals surface area contributed by atoms with E-state index in [1.165, 1.54) is 0 Å². The number of carboxylic acid groups (broad SMARTS) is 2. The molecule has 0 aliphatic heterocycles. The van der Waals surface area contributed by atoms with Crippen LogP contribution in [0.15, 0.2) is 0 Å². The number of carbonyl (C=O) groups is 2. The van der Waals surface area contributed by atoms with Crippen LogP contribution in [-0.4, -0.2) is 11.9 Å². The van der Waals surface area contributed by atoms with Crippen LogP contribution in [-0.2, 0) is 9.59 Å². The van der Waals surface area contributed by atoms with Crippen molar-refractivity contribution in [2.75, 3.05) is 0 Å². The van der Waals surface area contributed by atoms with Crippen LogP contribution in [0.2, 0.25) is 0 Å². The first-order valence-corrected chi connectivity index (χ1v) is 1.07. The van der Waals surface area contributed by atoms with Crippen molar-refractivity contribution in [1.82, 2.24) is 0 Å². The van der Waals surface area contributed by atoms with Crippen molar-refractivity contribution < 1.29 is 61.5 Å². The predicted octanol–water partition coefficient (Wildman–Crippen LogP) is -3.51. The third-order valence-corrected chi connectivity index (χ3v) is 0.167. The molecule has 0 fully saturated rings. The molecule has 0 unspecified atom stereocenters. The number of rotatable bonds is 0. The van der Waals surface area contributed by atoms with Gasteiger partial charge in [0, 0.05) is 0 Å². The average molecular weight is 228 g/mol. The standard InChI is InChI=1S/C2H2O4.Ce/c3-1(4)2(5)6;/h(H,3,4)(H,5,6);/q;+3/p-2. The zero-order valence-electron chi connectivity index (χ0n) is 3.13. The predicted molar refractivity (Wildman–Crippen MR) is 10.0 cm³/mol. The van der Waals surface area contributed by atoms with Crippen molar-refractivity contribution in [1.29, 1.82) is 0 Å². The fourth-order valence-corrected chi connectivity index (χ4v) is 0. The van der Waals surface area contributed by atoms with Crippen LogP contribution >= 0.6 is 0 Å². The van der Waals surface area contributed by atoms with Crippen molar-refractivity contribution in [3.63, 3.8) is 0 Å². The van der Waals surface area contributed by atoms with Gasteiger partial charge in [0.1, 0.15) is 0 Å². The molecule has 7 heavy (non-hydrogen) atoms. The van der Waals surface area contributed by atoms with Crippen LogP contribution in [0.5, 0.6) is 0 Å². The number of hydrogen-bond acceptors (Lipinski definition) is 4. The summed E-state index contributed by atoms with van der Waals surface area (Å²) >= 11 is 0. The van der Waals surface area contributed by atoms with Crippen LogP contribution in [0.25, 0.3) is 0 Å². The van der Waals surface area contributed by atoms with Crippen molar-refractivity contribution in [2.45, 2.75) is 0 Å². The van der Waals surface area contributed by atoms with E-state index in [2.05, 4.69) is 0 Å². The fourth-order valence-electron chi connectivity index (χ4n) is 0. The molecule has 0 atom stereocenters. The molecule has 0 bridgehead atoms. The van der Waals surface area contributed by atoms with Gasteiger partial charge >= 0.3 is 41.7 Å². The van der Waals surface area contributed by atoms with E-state index in [0.29, 0.717) is 0 Å². The quantitative estimate of drug-likeness (QED) is 0.403. The van der Waals surface area contributed by atoms with Crippen molar-refractivity contribution >= 4 is 11.9 Å². The summed E-state index contributed by atoms with van der Waals surface area (Å²) in [4.78, 5) is 17.9. The first-order chi connectivity index (χ1) is 2.64. The minimum atomic E-state index is -2.19. The summed E-state index contributed by atoms with van der Waals surface area (Å²) in [6.07, 6.45) is 0. The Kier molecular flexibility index (Phi) is 6.60. The monoisotopic (exact) mass is 228 g/mol. The second kappa shape index (κ2) is 4.47. The second-order valence-electron chi connectivity index (χ2n) is 0.575. The normalized spacial score (nSPS) is 6.29. The molecule has 5 heteroatoms. The van der Waals surface area contributed by atoms with Gasteiger partial charge in [0.2, 0.25) is 0 Å². The molecule has 0 aliphatic rings. The van der Waals surface area contributed by atoms with Crippen LogP contribution in [0.4, 0.5) is 0 Å². The second-order valence-corrected chi connectivity index (χ2v) is 0.575. The molecule has 0 aromatic rings. The average Bonchev–Trinajstić information content (AvgIpc) is 1.36.